The maximum atomic E-state index is 13.3. The summed E-state index contributed by atoms with van der Waals surface area (Å²) in [4.78, 5) is 26.1. The fourth-order valence-corrected chi connectivity index (χ4v) is 7.69. The van der Waals surface area contributed by atoms with E-state index in [9.17, 15) is 9.59 Å². The van der Waals surface area contributed by atoms with E-state index in [-0.39, 0.29) is 18.2 Å². The molecular formula is C49H102N6O4. The van der Waals surface area contributed by atoms with E-state index in [2.05, 4.69) is 35.1 Å². The lowest BCUT2D eigenvalue weighted by Gasteiger charge is -2.19. The first-order valence-electron chi connectivity index (χ1n) is 25.6. The van der Waals surface area contributed by atoms with Gasteiger partial charge in [0.15, 0.2) is 0 Å². The monoisotopic (exact) mass is 839 g/mol. The summed E-state index contributed by atoms with van der Waals surface area (Å²) in [7, 11) is 0. The third-order valence-electron chi connectivity index (χ3n) is 11.5. The molecule has 0 aromatic rings. The number of nitrogens with two attached hydrogens (primary N) is 2. The first-order valence-corrected chi connectivity index (χ1v) is 25.6. The molecule has 0 fully saturated rings. The van der Waals surface area contributed by atoms with Crippen molar-refractivity contribution in [3.8, 4) is 0 Å². The molecule has 2 amide bonds. The van der Waals surface area contributed by atoms with E-state index < -0.39 is 6.04 Å². The first-order chi connectivity index (χ1) is 29.1. The smallest absolute Gasteiger partial charge is 0.242 e. The number of rotatable bonds is 50. The Hall–Kier alpha value is -1.30. The molecule has 0 aliphatic rings. The Morgan fingerprint density at radius 2 is 0.881 bits per heavy atom. The molecule has 10 heteroatoms. The van der Waals surface area contributed by atoms with E-state index in [0.29, 0.717) is 38.7 Å². The lowest BCUT2D eigenvalue weighted by molar-refractivity contribution is -0.129. The Labute approximate surface area is 366 Å². The lowest BCUT2D eigenvalue weighted by atomic mass is 10.00. The predicted molar refractivity (Wildman–Crippen MR) is 253 cm³/mol. The summed E-state index contributed by atoms with van der Waals surface area (Å²) in [6.45, 7) is 12.8. The number of carbonyl (C=O) groups excluding carboxylic acids is 2. The summed E-state index contributed by atoms with van der Waals surface area (Å²) in [5.41, 5.74) is 11.3. The fraction of sp³-hybridized carbons (Fsp3) is 0.959. The van der Waals surface area contributed by atoms with Crippen molar-refractivity contribution in [2.75, 3.05) is 72.2 Å². The zero-order chi connectivity index (χ0) is 43.0. The topological polar surface area (TPSA) is 153 Å². The average molecular weight is 839 g/mol. The van der Waals surface area contributed by atoms with Crippen molar-refractivity contribution in [3.63, 3.8) is 0 Å². The second-order valence-electron chi connectivity index (χ2n) is 17.4. The molecule has 1 unspecified atom stereocenters. The Bertz CT molecular complexity index is 839. The minimum absolute atomic E-state index is 0.0495. The number of amides is 2. The predicted octanol–water partition coefficient (Wildman–Crippen LogP) is 9.86. The second-order valence-corrected chi connectivity index (χ2v) is 17.4. The highest BCUT2D eigenvalue weighted by Gasteiger charge is 2.20. The van der Waals surface area contributed by atoms with Crippen LogP contribution in [-0.4, -0.2) is 90.1 Å². The molecule has 352 valence electrons. The van der Waals surface area contributed by atoms with Crippen molar-refractivity contribution in [2.45, 2.75) is 225 Å². The number of hydrogen-bond donors (Lipinski definition) is 6. The van der Waals surface area contributed by atoms with Crippen LogP contribution in [-0.2, 0) is 19.1 Å². The van der Waals surface area contributed by atoms with Gasteiger partial charge in [0.05, 0.1) is 19.8 Å². The Morgan fingerprint density at radius 1 is 0.458 bits per heavy atom. The fourth-order valence-electron chi connectivity index (χ4n) is 7.69. The molecule has 0 spiro atoms. The van der Waals surface area contributed by atoms with Crippen LogP contribution in [0.2, 0.25) is 0 Å². The molecule has 0 radical (unpaired) electrons. The number of ether oxygens (including phenoxy) is 2. The van der Waals surface area contributed by atoms with Gasteiger partial charge in [-0.1, -0.05) is 162 Å². The molecule has 0 rings (SSSR count). The summed E-state index contributed by atoms with van der Waals surface area (Å²) in [5.74, 6) is 0.445. The normalized spacial score (nSPS) is 12.1. The molecule has 0 heterocycles. The van der Waals surface area contributed by atoms with Crippen LogP contribution >= 0.6 is 0 Å². The number of nitrogens with one attached hydrogen (secondary N) is 4. The van der Waals surface area contributed by atoms with Gasteiger partial charge in [0.2, 0.25) is 11.8 Å². The molecule has 59 heavy (non-hydrogen) atoms. The highest BCUT2D eigenvalue weighted by atomic mass is 16.5. The molecule has 1 atom stereocenters. The van der Waals surface area contributed by atoms with Gasteiger partial charge in [-0.2, -0.15) is 0 Å². The molecular weight excluding hydrogens is 737 g/mol. The average Bonchev–Trinajstić information content (AvgIpc) is 3.24. The Balaban J connectivity index is 4.36. The van der Waals surface area contributed by atoms with Gasteiger partial charge < -0.3 is 42.2 Å². The van der Waals surface area contributed by atoms with Crippen LogP contribution < -0.4 is 32.7 Å². The summed E-state index contributed by atoms with van der Waals surface area (Å²) < 4.78 is 11.0. The van der Waals surface area contributed by atoms with E-state index in [0.717, 1.165) is 110 Å². The molecule has 0 bridgehead atoms. The number of unbranched alkanes of at least 4 members (excludes halogenated alkanes) is 24. The zero-order valence-corrected chi connectivity index (χ0v) is 39.3. The van der Waals surface area contributed by atoms with E-state index in [4.69, 9.17) is 20.9 Å². The molecule has 10 nitrogen and oxygen atoms in total. The van der Waals surface area contributed by atoms with E-state index in [1.807, 2.05) is 0 Å². The van der Waals surface area contributed by atoms with Gasteiger partial charge >= 0.3 is 0 Å². The van der Waals surface area contributed by atoms with Crippen molar-refractivity contribution < 1.29 is 19.1 Å². The minimum atomic E-state index is -0.485. The first kappa shape index (κ1) is 57.7. The minimum Gasteiger partial charge on any atom is -0.379 e. The van der Waals surface area contributed by atoms with Crippen LogP contribution in [0.4, 0.5) is 0 Å². The molecule has 0 aliphatic heterocycles. The van der Waals surface area contributed by atoms with Gasteiger partial charge in [0.25, 0.3) is 0 Å². The van der Waals surface area contributed by atoms with Crippen molar-refractivity contribution in [1.82, 2.24) is 21.3 Å². The van der Waals surface area contributed by atoms with Crippen LogP contribution in [0.5, 0.6) is 0 Å². The highest BCUT2D eigenvalue weighted by molar-refractivity contribution is 5.87. The van der Waals surface area contributed by atoms with Gasteiger partial charge in [0, 0.05) is 19.6 Å². The van der Waals surface area contributed by atoms with Crippen molar-refractivity contribution in [3.05, 3.63) is 0 Å². The Morgan fingerprint density at radius 3 is 1.36 bits per heavy atom. The molecule has 0 aliphatic carbocycles. The van der Waals surface area contributed by atoms with Crippen LogP contribution in [0.25, 0.3) is 0 Å². The maximum absolute atomic E-state index is 13.3. The second kappa shape index (κ2) is 49.4. The van der Waals surface area contributed by atoms with Gasteiger partial charge in [-0.15, -0.1) is 0 Å². The van der Waals surface area contributed by atoms with Gasteiger partial charge in [-0.05, 0) is 96.6 Å². The van der Waals surface area contributed by atoms with Crippen LogP contribution in [0.1, 0.15) is 219 Å². The summed E-state index contributed by atoms with van der Waals surface area (Å²) in [5, 5.41) is 13.4. The summed E-state index contributed by atoms with van der Waals surface area (Å²) >= 11 is 0. The number of carbonyl (C=O) groups is 2. The molecule has 0 saturated carbocycles. The third kappa shape index (κ3) is 44.6. The molecule has 0 aromatic carbocycles. The Kier molecular flexibility index (Phi) is 48.3. The SMILES string of the molecule is CCCCCCCCCCCCCCCCCCCCCCC(NC(=O)CCOCCOCCC)C(=O)NCCCCCCC(CNCCCCN)CNCCCCN. The quantitative estimate of drug-likeness (QED) is 0.0331. The largest absolute Gasteiger partial charge is 0.379 e. The summed E-state index contributed by atoms with van der Waals surface area (Å²) in [6, 6.07) is -0.485. The van der Waals surface area contributed by atoms with Crippen molar-refractivity contribution in [2.24, 2.45) is 17.4 Å². The van der Waals surface area contributed by atoms with Crippen LogP contribution in [0, 0.1) is 5.92 Å². The summed E-state index contributed by atoms with van der Waals surface area (Å²) in [6.07, 6.45) is 38.9. The van der Waals surface area contributed by atoms with Crippen LogP contribution in [0.15, 0.2) is 0 Å². The molecule has 0 saturated heterocycles. The lowest BCUT2D eigenvalue weighted by Crippen LogP contribution is -2.47. The number of hydrogen-bond acceptors (Lipinski definition) is 8. The van der Waals surface area contributed by atoms with E-state index >= 15 is 0 Å². The van der Waals surface area contributed by atoms with Crippen molar-refractivity contribution in [1.29, 1.82) is 0 Å². The third-order valence-corrected chi connectivity index (χ3v) is 11.5. The van der Waals surface area contributed by atoms with Gasteiger partial charge in [-0.3, -0.25) is 9.59 Å². The molecule has 0 aromatic heterocycles. The highest BCUT2D eigenvalue weighted by Crippen LogP contribution is 2.16. The van der Waals surface area contributed by atoms with E-state index in [1.165, 1.54) is 128 Å². The standard InChI is InChI=1S/C49H102N6O4/c1-3-5-6-7-8-9-10-11-12-13-14-15-16-17-18-19-20-21-22-26-33-47(55-48(56)34-41-59-43-42-58-40-4-2)49(57)54-39-29-24-23-25-32-46(44-52-37-30-27-35-50)45-53-38-31-28-36-51/h46-47,52-53H,3-45,50-51H2,1-2H3,(H,54,57)(H,55,56). The van der Waals surface area contributed by atoms with Gasteiger partial charge in [0.1, 0.15) is 6.04 Å². The van der Waals surface area contributed by atoms with Gasteiger partial charge in [-0.25, -0.2) is 0 Å². The zero-order valence-electron chi connectivity index (χ0n) is 39.3. The molecule has 8 N–H and O–H groups in total. The van der Waals surface area contributed by atoms with E-state index in [1.54, 1.807) is 0 Å². The van der Waals surface area contributed by atoms with Crippen LogP contribution in [0.3, 0.4) is 0 Å². The van der Waals surface area contributed by atoms with Crippen molar-refractivity contribution >= 4 is 11.8 Å². The maximum Gasteiger partial charge on any atom is 0.242 e.